The summed E-state index contributed by atoms with van der Waals surface area (Å²) in [7, 11) is 3.15. The van der Waals surface area contributed by atoms with E-state index in [0.717, 1.165) is 5.56 Å². The van der Waals surface area contributed by atoms with Gasteiger partial charge < -0.3 is 36.2 Å². The van der Waals surface area contributed by atoms with Gasteiger partial charge in [-0.3, -0.25) is 19.2 Å². The molecule has 2 rings (SSSR count). The van der Waals surface area contributed by atoms with Crippen LogP contribution in [0.3, 0.4) is 0 Å². The first-order valence-electron chi connectivity index (χ1n) is 13.2. The summed E-state index contributed by atoms with van der Waals surface area (Å²) in [6.07, 6.45) is 0.665. The van der Waals surface area contributed by atoms with E-state index in [-0.39, 0.29) is 36.2 Å². The predicted molar refractivity (Wildman–Crippen MR) is 150 cm³/mol. The smallest absolute Gasteiger partial charge is 0.325 e. The number of carboxylic acids is 1. The second kappa shape index (κ2) is 14.9. The van der Waals surface area contributed by atoms with Gasteiger partial charge in [-0.05, 0) is 68.1 Å². The number of aromatic hydroxyl groups is 2. The molecular weight excluding hydrogens is 516 g/mol. The summed E-state index contributed by atoms with van der Waals surface area (Å²) < 4.78 is 0. The molecule has 0 bridgehead atoms. The number of amides is 3. The highest BCUT2D eigenvalue weighted by molar-refractivity contribution is 5.94. The lowest BCUT2D eigenvalue weighted by Crippen LogP contribution is -2.58. The van der Waals surface area contributed by atoms with Gasteiger partial charge >= 0.3 is 5.97 Å². The number of rotatable bonds is 14. The molecule has 0 radical (unpaired) electrons. The maximum absolute atomic E-state index is 13.7. The normalized spacial score (nSPS) is 14.1. The van der Waals surface area contributed by atoms with E-state index < -0.39 is 42.0 Å². The molecule has 6 N–H and O–H groups in total. The van der Waals surface area contributed by atoms with Gasteiger partial charge in [0, 0.05) is 13.5 Å². The summed E-state index contributed by atoms with van der Waals surface area (Å²) in [6.45, 7) is 5.08. The third-order valence-corrected chi connectivity index (χ3v) is 6.58. The first-order valence-corrected chi connectivity index (χ1v) is 13.2. The molecule has 2 aromatic carbocycles. The fourth-order valence-corrected chi connectivity index (χ4v) is 4.19. The summed E-state index contributed by atoms with van der Waals surface area (Å²) >= 11 is 0. The van der Waals surface area contributed by atoms with Crippen molar-refractivity contribution < 1.29 is 34.5 Å². The van der Waals surface area contributed by atoms with Crippen molar-refractivity contribution in [2.45, 2.75) is 64.2 Å². The van der Waals surface area contributed by atoms with Crippen LogP contribution in [0.4, 0.5) is 0 Å². The second-order valence-corrected chi connectivity index (χ2v) is 10.3. The highest BCUT2D eigenvalue weighted by Gasteiger charge is 2.34. The van der Waals surface area contributed by atoms with Crippen molar-refractivity contribution in [2.24, 2.45) is 5.92 Å². The zero-order chi connectivity index (χ0) is 30.0. The van der Waals surface area contributed by atoms with Gasteiger partial charge in [-0.25, -0.2) is 0 Å². The third-order valence-electron chi connectivity index (χ3n) is 6.58. The number of carboxylic acid groups (broad SMARTS) is 1. The fraction of sp³-hybridized carbons (Fsp3) is 0.448. The Morgan fingerprint density at radius 1 is 0.775 bits per heavy atom. The van der Waals surface area contributed by atoms with E-state index >= 15 is 0 Å². The summed E-state index contributed by atoms with van der Waals surface area (Å²) in [4.78, 5) is 52.8. The van der Waals surface area contributed by atoms with Crippen LogP contribution in [0.15, 0.2) is 48.5 Å². The summed E-state index contributed by atoms with van der Waals surface area (Å²) in [5.41, 5.74) is 1.49. The number of aliphatic carboxylic acids is 1. The molecule has 11 nitrogen and oxygen atoms in total. The Kier molecular flexibility index (Phi) is 11.9. The quantitative estimate of drug-likeness (QED) is 0.203. The monoisotopic (exact) mass is 556 g/mol. The van der Waals surface area contributed by atoms with Gasteiger partial charge in [0.05, 0.1) is 6.04 Å². The van der Waals surface area contributed by atoms with E-state index in [0.29, 0.717) is 12.0 Å². The van der Waals surface area contributed by atoms with E-state index in [9.17, 15) is 34.5 Å². The zero-order valence-corrected chi connectivity index (χ0v) is 23.5. The number of nitrogens with zero attached hydrogens (tertiary/aromatic N) is 1. The van der Waals surface area contributed by atoms with Crippen LogP contribution in [0.25, 0.3) is 0 Å². The lowest BCUT2D eigenvalue weighted by atomic mass is 9.99. The molecule has 3 amide bonds. The van der Waals surface area contributed by atoms with Gasteiger partial charge in [0.2, 0.25) is 17.7 Å². The van der Waals surface area contributed by atoms with E-state index in [1.54, 1.807) is 31.3 Å². The first-order chi connectivity index (χ1) is 18.8. The van der Waals surface area contributed by atoms with Gasteiger partial charge in [-0.15, -0.1) is 0 Å². The van der Waals surface area contributed by atoms with Crippen LogP contribution in [0.2, 0.25) is 0 Å². The van der Waals surface area contributed by atoms with Crippen LogP contribution in [0.5, 0.6) is 11.5 Å². The molecule has 0 aliphatic heterocycles. The van der Waals surface area contributed by atoms with Crippen molar-refractivity contribution >= 4 is 23.7 Å². The Balaban J connectivity index is 2.33. The molecular formula is C29H40N4O7. The number of benzene rings is 2. The number of hydrogen-bond donors (Lipinski definition) is 6. The van der Waals surface area contributed by atoms with Crippen LogP contribution in [-0.4, -0.2) is 82.2 Å². The van der Waals surface area contributed by atoms with Crippen LogP contribution < -0.4 is 16.0 Å². The molecule has 40 heavy (non-hydrogen) atoms. The molecule has 0 aromatic heterocycles. The molecule has 218 valence electrons. The standard InChI is InChI=1S/C29H40N4O7/c1-17(2)14-23(26(36)31-18(3)29(39)40)32-27(37)25(16-20-8-12-22(35)13-9-20)33(5)28(38)24(30-4)15-19-6-10-21(34)11-7-19/h6-13,17-18,23-25,30,34-35H,14-16H2,1-5H3,(H,31,36)(H,32,37)(H,39,40)/t18-,23-,24-,25-/m0/s1. The number of nitrogens with one attached hydrogen (secondary N) is 3. The molecule has 11 heteroatoms. The lowest BCUT2D eigenvalue weighted by Gasteiger charge is -2.32. The molecule has 0 fully saturated rings. The van der Waals surface area contributed by atoms with Crippen LogP contribution in [0.1, 0.15) is 38.3 Å². The topological polar surface area (TPSA) is 168 Å². The number of carbonyl (C=O) groups excluding carboxylic acids is 3. The Bertz CT molecular complexity index is 1150. The number of likely N-dealkylation sites (N-methyl/N-ethyl adjacent to an activating group) is 2. The minimum absolute atomic E-state index is 0.00470. The van der Waals surface area contributed by atoms with Crippen molar-refractivity contribution in [3.63, 3.8) is 0 Å². The zero-order valence-electron chi connectivity index (χ0n) is 23.5. The maximum atomic E-state index is 13.7. The molecule has 0 aliphatic carbocycles. The molecule has 2 aromatic rings. The van der Waals surface area contributed by atoms with Gasteiger partial charge in [-0.1, -0.05) is 38.1 Å². The third kappa shape index (κ3) is 9.57. The van der Waals surface area contributed by atoms with Gasteiger partial charge in [0.15, 0.2) is 0 Å². The average Bonchev–Trinajstić information content (AvgIpc) is 2.90. The van der Waals surface area contributed by atoms with E-state index in [4.69, 9.17) is 0 Å². The van der Waals surface area contributed by atoms with Crippen LogP contribution >= 0.6 is 0 Å². The Labute approximate surface area is 234 Å². The van der Waals surface area contributed by atoms with Crippen molar-refractivity contribution in [2.75, 3.05) is 14.1 Å². The minimum atomic E-state index is -1.20. The number of phenols is 2. The number of hydrogen-bond acceptors (Lipinski definition) is 7. The van der Waals surface area contributed by atoms with Gasteiger partial charge in [-0.2, -0.15) is 0 Å². The Morgan fingerprint density at radius 3 is 1.73 bits per heavy atom. The van der Waals surface area contributed by atoms with Crippen molar-refractivity contribution in [1.29, 1.82) is 0 Å². The highest BCUT2D eigenvalue weighted by atomic mass is 16.4. The van der Waals surface area contributed by atoms with E-state index in [2.05, 4.69) is 16.0 Å². The lowest BCUT2D eigenvalue weighted by molar-refractivity contribution is -0.143. The van der Waals surface area contributed by atoms with Gasteiger partial charge in [0.1, 0.15) is 29.6 Å². The molecule has 0 aliphatic rings. The van der Waals surface area contributed by atoms with E-state index in [1.165, 1.54) is 43.1 Å². The van der Waals surface area contributed by atoms with Crippen LogP contribution in [-0.2, 0) is 32.0 Å². The molecule has 0 spiro atoms. The van der Waals surface area contributed by atoms with Crippen molar-refractivity contribution in [3.8, 4) is 11.5 Å². The highest BCUT2D eigenvalue weighted by Crippen LogP contribution is 2.17. The van der Waals surface area contributed by atoms with E-state index in [1.807, 2.05) is 13.8 Å². The van der Waals surface area contributed by atoms with Crippen LogP contribution in [0, 0.1) is 5.92 Å². The molecule has 4 atom stereocenters. The largest absolute Gasteiger partial charge is 0.508 e. The summed E-state index contributed by atoms with van der Waals surface area (Å²) in [5, 5.41) is 36.6. The molecule has 0 heterocycles. The predicted octanol–water partition coefficient (Wildman–Crippen LogP) is 1.42. The SMILES string of the molecule is CN[C@@H](Cc1ccc(O)cc1)C(=O)N(C)[C@@H](Cc1ccc(O)cc1)C(=O)N[C@@H](CC(C)C)C(=O)N[C@@H](C)C(=O)O. The second-order valence-electron chi connectivity index (χ2n) is 10.3. The summed E-state index contributed by atoms with van der Waals surface area (Å²) in [5.74, 6) is -2.60. The Morgan fingerprint density at radius 2 is 1.27 bits per heavy atom. The number of carbonyl (C=O) groups is 4. The first kappa shape index (κ1) is 32.1. The number of phenolic OH excluding ortho intramolecular Hbond substituents is 2. The molecule has 0 unspecified atom stereocenters. The summed E-state index contributed by atoms with van der Waals surface area (Å²) in [6, 6.07) is 8.87. The molecule has 0 saturated heterocycles. The average molecular weight is 557 g/mol. The minimum Gasteiger partial charge on any atom is -0.508 e. The maximum Gasteiger partial charge on any atom is 0.325 e. The van der Waals surface area contributed by atoms with Crippen molar-refractivity contribution in [1.82, 2.24) is 20.9 Å². The molecule has 0 saturated carbocycles. The van der Waals surface area contributed by atoms with Gasteiger partial charge in [0.25, 0.3) is 0 Å². The Hall–Kier alpha value is -4.12. The van der Waals surface area contributed by atoms with Crippen molar-refractivity contribution in [3.05, 3.63) is 59.7 Å². The fourth-order valence-electron chi connectivity index (χ4n) is 4.19.